The molecule has 0 aromatic heterocycles. The van der Waals surface area contributed by atoms with E-state index in [0.717, 1.165) is 6.07 Å². The molecule has 0 aliphatic rings. The molecule has 0 fully saturated rings. The molecular formula is C9H5BrClF3N2O2. The lowest BCUT2D eigenvalue weighted by atomic mass is 10.2. The molecule has 1 aromatic rings. The number of carboxylic acids is 1. The van der Waals surface area contributed by atoms with E-state index in [4.69, 9.17) is 16.7 Å². The SMILES string of the molecule is O=C(O)C=NNc1c(Cl)cc(C(F)(F)F)cc1Br. The molecule has 4 nitrogen and oxygen atoms in total. The van der Waals surface area contributed by atoms with Crippen LogP contribution in [0.5, 0.6) is 0 Å². The van der Waals surface area contributed by atoms with E-state index in [2.05, 4.69) is 26.5 Å². The summed E-state index contributed by atoms with van der Waals surface area (Å²) in [6.45, 7) is 0. The van der Waals surface area contributed by atoms with Crippen LogP contribution in [-0.2, 0) is 11.0 Å². The Labute approximate surface area is 113 Å². The van der Waals surface area contributed by atoms with Crippen molar-refractivity contribution in [3.63, 3.8) is 0 Å². The van der Waals surface area contributed by atoms with Gasteiger partial charge in [-0.3, -0.25) is 5.43 Å². The second-order valence-corrected chi connectivity index (χ2v) is 4.28. The van der Waals surface area contributed by atoms with Gasteiger partial charge in [0, 0.05) is 4.47 Å². The van der Waals surface area contributed by atoms with Crippen LogP contribution in [0.25, 0.3) is 0 Å². The quantitative estimate of drug-likeness (QED) is 0.650. The highest BCUT2D eigenvalue weighted by atomic mass is 79.9. The number of hydrazone groups is 1. The van der Waals surface area contributed by atoms with Crippen molar-refractivity contribution >= 4 is 45.4 Å². The van der Waals surface area contributed by atoms with Gasteiger partial charge >= 0.3 is 12.1 Å². The summed E-state index contributed by atoms with van der Waals surface area (Å²) in [5, 5.41) is 11.3. The molecule has 0 radical (unpaired) electrons. The predicted molar refractivity (Wildman–Crippen MR) is 63.9 cm³/mol. The Balaban J connectivity index is 3.06. The van der Waals surface area contributed by atoms with Crippen molar-refractivity contribution in [1.82, 2.24) is 0 Å². The fourth-order valence-electron chi connectivity index (χ4n) is 0.996. The van der Waals surface area contributed by atoms with Gasteiger partial charge in [-0.25, -0.2) is 4.79 Å². The molecule has 0 heterocycles. The average Bonchev–Trinajstić information content (AvgIpc) is 2.20. The average molecular weight is 346 g/mol. The molecule has 18 heavy (non-hydrogen) atoms. The normalized spacial score (nSPS) is 11.8. The molecule has 9 heteroatoms. The molecule has 0 spiro atoms. The van der Waals surface area contributed by atoms with Crippen LogP contribution >= 0.6 is 27.5 Å². The molecule has 1 aromatic carbocycles. The summed E-state index contributed by atoms with van der Waals surface area (Å²) in [6, 6.07) is 1.52. The van der Waals surface area contributed by atoms with Gasteiger partial charge in [-0.15, -0.1) is 0 Å². The summed E-state index contributed by atoms with van der Waals surface area (Å²) in [4.78, 5) is 10.2. The van der Waals surface area contributed by atoms with Crippen LogP contribution in [0.1, 0.15) is 5.56 Å². The van der Waals surface area contributed by atoms with Crippen molar-refractivity contribution in [2.75, 3.05) is 5.43 Å². The standard InChI is InChI=1S/C9H5BrClF3N2O2/c10-5-1-4(9(12,13)14)2-6(11)8(5)16-15-3-7(17)18/h1-3,16H,(H,17,18). The fourth-order valence-corrected chi connectivity index (χ4v) is 1.92. The van der Waals surface area contributed by atoms with Crippen LogP contribution in [0.4, 0.5) is 18.9 Å². The number of aliphatic carboxylic acids is 1. The molecule has 0 aliphatic heterocycles. The van der Waals surface area contributed by atoms with E-state index in [0.29, 0.717) is 12.3 Å². The third kappa shape index (κ3) is 3.88. The van der Waals surface area contributed by atoms with E-state index in [-0.39, 0.29) is 15.2 Å². The number of hydrogen-bond donors (Lipinski definition) is 2. The van der Waals surface area contributed by atoms with Gasteiger partial charge in [-0.1, -0.05) is 11.6 Å². The monoisotopic (exact) mass is 344 g/mol. The first-order valence-corrected chi connectivity index (χ1v) is 5.47. The van der Waals surface area contributed by atoms with Crippen LogP contribution in [0.15, 0.2) is 21.7 Å². The lowest BCUT2D eigenvalue weighted by Gasteiger charge is -2.11. The third-order valence-corrected chi connectivity index (χ3v) is 2.64. The Morgan fingerprint density at radius 3 is 2.56 bits per heavy atom. The molecule has 0 saturated carbocycles. The van der Waals surface area contributed by atoms with E-state index in [1.54, 1.807) is 0 Å². The van der Waals surface area contributed by atoms with Crippen molar-refractivity contribution < 1.29 is 23.1 Å². The van der Waals surface area contributed by atoms with Crippen molar-refractivity contribution in [3.05, 3.63) is 27.2 Å². The van der Waals surface area contributed by atoms with Crippen molar-refractivity contribution in [3.8, 4) is 0 Å². The minimum atomic E-state index is -4.52. The summed E-state index contributed by atoms with van der Waals surface area (Å²) >= 11 is 8.53. The Morgan fingerprint density at radius 2 is 2.11 bits per heavy atom. The molecule has 98 valence electrons. The molecular weight excluding hydrogens is 340 g/mol. The molecule has 0 amide bonds. The smallest absolute Gasteiger partial charge is 0.416 e. The maximum absolute atomic E-state index is 12.4. The van der Waals surface area contributed by atoms with E-state index in [9.17, 15) is 18.0 Å². The Morgan fingerprint density at radius 1 is 1.50 bits per heavy atom. The molecule has 2 N–H and O–H groups in total. The number of rotatable bonds is 3. The number of nitrogens with zero attached hydrogens (tertiary/aromatic N) is 1. The van der Waals surface area contributed by atoms with Gasteiger partial charge in [0.1, 0.15) is 6.21 Å². The first kappa shape index (κ1) is 14.8. The van der Waals surface area contributed by atoms with E-state index in [1.807, 2.05) is 0 Å². The highest BCUT2D eigenvalue weighted by molar-refractivity contribution is 9.10. The van der Waals surface area contributed by atoms with Gasteiger partial charge in [-0.2, -0.15) is 18.3 Å². The Kier molecular flexibility index (Phi) is 4.58. The number of anilines is 1. The minimum Gasteiger partial charge on any atom is -0.477 e. The van der Waals surface area contributed by atoms with Gasteiger partial charge in [0.15, 0.2) is 0 Å². The van der Waals surface area contributed by atoms with Crippen LogP contribution in [-0.4, -0.2) is 17.3 Å². The van der Waals surface area contributed by atoms with Crippen molar-refractivity contribution in [1.29, 1.82) is 0 Å². The van der Waals surface area contributed by atoms with Crippen molar-refractivity contribution in [2.45, 2.75) is 6.18 Å². The number of halogens is 5. The molecule has 0 aliphatic carbocycles. The fraction of sp³-hybridized carbons (Fsp3) is 0.111. The number of benzene rings is 1. The first-order chi connectivity index (χ1) is 8.21. The van der Waals surface area contributed by atoms with Crippen LogP contribution < -0.4 is 5.43 Å². The minimum absolute atomic E-state index is 0.0184. The number of nitrogens with one attached hydrogen (secondary N) is 1. The maximum atomic E-state index is 12.4. The second-order valence-electron chi connectivity index (χ2n) is 3.02. The van der Waals surface area contributed by atoms with Crippen LogP contribution in [0.2, 0.25) is 5.02 Å². The third-order valence-electron chi connectivity index (χ3n) is 1.72. The number of alkyl halides is 3. The Bertz CT molecular complexity index is 482. The van der Waals surface area contributed by atoms with Gasteiger partial charge in [0.25, 0.3) is 0 Å². The summed E-state index contributed by atoms with van der Waals surface area (Å²) in [5.74, 6) is -1.30. The van der Waals surface area contributed by atoms with E-state index >= 15 is 0 Å². The zero-order valence-corrected chi connectivity index (χ0v) is 10.8. The Hall–Kier alpha value is -1.28. The van der Waals surface area contributed by atoms with E-state index in [1.165, 1.54) is 0 Å². The number of carbonyl (C=O) groups is 1. The molecule has 0 saturated heterocycles. The highest BCUT2D eigenvalue weighted by Crippen LogP contribution is 2.38. The van der Waals surface area contributed by atoms with Gasteiger partial charge < -0.3 is 5.11 Å². The van der Waals surface area contributed by atoms with Crippen LogP contribution in [0, 0.1) is 0 Å². The zero-order valence-electron chi connectivity index (χ0n) is 8.42. The van der Waals surface area contributed by atoms with E-state index < -0.39 is 17.7 Å². The highest BCUT2D eigenvalue weighted by Gasteiger charge is 2.31. The largest absolute Gasteiger partial charge is 0.477 e. The summed E-state index contributed by atoms with van der Waals surface area (Å²) in [7, 11) is 0. The second kappa shape index (κ2) is 5.57. The number of hydrogen-bond acceptors (Lipinski definition) is 3. The van der Waals surface area contributed by atoms with Crippen molar-refractivity contribution in [2.24, 2.45) is 5.10 Å². The molecule has 0 bridgehead atoms. The summed E-state index contributed by atoms with van der Waals surface area (Å²) < 4.78 is 37.3. The first-order valence-electron chi connectivity index (χ1n) is 4.30. The molecule has 1 rings (SSSR count). The summed E-state index contributed by atoms with van der Waals surface area (Å²) in [6.07, 6.45) is -3.98. The summed E-state index contributed by atoms with van der Waals surface area (Å²) in [5.41, 5.74) is 1.35. The maximum Gasteiger partial charge on any atom is 0.416 e. The predicted octanol–water partition coefficient (Wildman–Crippen LogP) is 3.60. The van der Waals surface area contributed by atoms with Crippen LogP contribution in [0.3, 0.4) is 0 Å². The molecule has 0 unspecified atom stereocenters. The lowest BCUT2D eigenvalue weighted by Crippen LogP contribution is -2.06. The van der Waals surface area contributed by atoms with Gasteiger partial charge in [0.2, 0.25) is 0 Å². The van der Waals surface area contributed by atoms with Gasteiger partial charge in [0.05, 0.1) is 16.3 Å². The van der Waals surface area contributed by atoms with Gasteiger partial charge in [-0.05, 0) is 28.1 Å². The zero-order chi connectivity index (χ0) is 13.9. The topological polar surface area (TPSA) is 61.7 Å². The molecule has 0 atom stereocenters. The number of carboxylic acid groups (broad SMARTS) is 1. The lowest BCUT2D eigenvalue weighted by molar-refractivity contribution is -0.137.